The minimum Gasteiger partial charge on any atom is -0.444 e. The molecule has 0 saturated carbocycles. The molecule has 1 aromatic rings. The molecule has 2 unspecified atom stereocenters. The molecular weight excluding hydrogens is 286 g/mol. The minimum atomic E-state index is -0.449. The van der Waals surface area contributed by atoms with Crippen LogP contribution in [0, 0.1) is 12.8 Å². The third kappa shape index (κ3) is 4.68. The van der Waals surface area contributed by atoms with Crippen LogP contribution in [0.5, 0.6) is 0 Å². The first-order chi connectivity index (χ1) is 9.74. The molecule has 1 aromatic heterocycles. The van der Waals surface area contributed by atoms with Crippen LogP contribution in [0.1, 0.15) is 37.9 Å². The zero-order valence-electron chi connectivity index (χ0n) is 13.3. The maximum absolute atomic E-state index is 12.0. The van der Waals surface area contributed by atoms with E-state index >= 15 is 0 Å². The second-order valence-corrected chi connectivity index (χ2v) is 7.67. The quantitative estimate of drug-likeness (QED) is 0.931. The highest BCUT2D eigenvalue weighted by Crippen LogP contribution is 2.23. The van der Waals surface area contributed by atoms with Gasteiger partial charge in [0, 0.05) is 36.6 Å². The standard InChI is InChI=1S/C15H25N3O2S/c1-10-9-21-13(17-10)7-12(16)11-5-6-18(8-11)14(19)20-15(2,3)4/h9,11-12H,5-8,16H2,1-4H3. The summed E-state index contributed by atoms with van der Waals surface area (Å²) in [4.78, 5) is 18.3. The van der Waals surface area contributed by atoms with E-state index in [1.807, 2.05) is 33.1 Å². The molecule has 5 nitrogen and oxygen atoms in total. The topological polar surface area (TPSA) is 68.5 Å². The highest BCUT2D eigenvalue weighted by atomic mass is 32.1. The lowest BCUT2D eigenvalue weighted by Gasteiger charge is -2.25. The van der Waals surface area contributed by atoms with Crippen LogP contribution in [0.25, 0.3) is 0 Å². The van der Waals surface area contributed by atoms with Gasteiger partial charge in [-0.15, -0.1) is 11.3 Å². The molecule has 1 fully saturated rings. The predicted molar refractivity (Wildman–Crippen MR) is 84.4 cm³/mol. The van der Waals surface area contributed by atoms with Gasteiger partial charge in [-0.3, -0.25) is 0 Å². The number of nitrogens with zero attached hydrogens (tertiary/aromatic N) is 2. The number of carbonyl (C=O) groups is 1. The summed E-state index contributed by atoms with van der Waals surface area (Å²) in [5.74, 6) is 0.321. The van der Waals surface area contributed by atoms with E-state index in [9.17, 15) is 4.79 Å². The van der Waals surface area contributed by atoms with Crippen molar-refractivity contribution in [3.8, 4) is 0 Å². The Bertz CT molecular complexity index is 495. The number of likely N-dealkylation sites (tertiary alicyclic amines) is 1. The molecule has 2 heterocycles. The lowest BCUT2D eigenvalue weighted by Crippen LogP contribution is -2.38. The first kappa shape index (κ1) is 16.2. The highest BCUT2D eigenvalue weighted by Gasteiger charge is 2.32. The molecule has 0 bridgehead atoms. The second kappa shape index (κ2) is 6.32. The van der Waals surface area contributed by atoms with Gasteiger partial charge in [0.25, 0.3) is 0 Å². The number of thiazole rings is 1. The second-order valence-electron chi connectivity index (χ2n) is 6.73. The molecule has 0 spiro atoms. The zero-order chi connectivity index (χ0) is 15.6. The third-order valence-electron chi connectivity index (χ3n) is 3.56. The first-order valence-corrected chi connectivity index (χ1v) is 8.27. The summed E-state index contributed by atoms with van der Waals surface area (Å²) in [6.45, 7) is 9.05. The largest absolute Gasteiger partial charge is 0.444 e. The Morgan fingerprint density at radius 3 is 2.90 bits per heavy atom. The Morgan fingerprint density at radius 1 is 1.62 bits per heavy atom. The van der Waals surface area contributed by atoms with Crippen molar-refractivity contribution < 1.29 is 9.53 Å². The Labute approximate surface area is 130 Å². The summed E-state index contributed by atoms with van der Waals surface area (Å²) >= 11 is 1.66. The van der Waals surface area contributed by atoms with E-state index < -0.39 is 5.60 Å². The van der Waals surface area contributed by atoms with Gasteiger partial charge in [-0.25, -0.2) is 9.78 Å². The highest BCUT2D eigenvalue weighted by molar-refractivity contribution is 7.09. The summed E-state index contributed by atoms with van der Waals surface area (Å²) in [6, 6.07) is 0.0444. The normalized spacial score (nSPS) is 20.6. The number of ether oxygens (including phenoxy) is 1. The number of nitrogens with two attached hydrogens (primary N) is 1. The molecule has 1 amide bonds. The molecule has 1 aliphatic rings. The molecule has 0 aliphatic carbocycles. The van der Waals surface area contributed by atoms with Gasteiger partial charge >= 0.3 is 6.09 Å². The fourth-order valence-electron chi connectivity index (χ4n) is 2.49. The van der Waals surface area contributed by atoms with Crippen molar-refractivity contribution in [3.63, 3.8) is 0 Å². The number of aromatic nitrogens is 1. The van der Waals surface area contributed by atoms with Gasteiger partial charge in [-0.05, 0) is 40.0 Å². The number of hydrogen-bond acceptors (Lipinski definition) is 5. The van der Waals surface area contributed by atoms with Crippen LogP contribution in [0.4, 0.5) is 4.79 Å². The lowest BCUT2D eigenvalue weighted by molar-refractivity contribution is 0.0286. The molecule has 2 N–H and O–H groups in total. The molecule has 118 valence electrons. The molecule has 2 rings (SSSR count). The van der Waals surface area contributed by atoms with Crippen LogP contribution in [0.3, 0.4) is 0 Å². The van der Waals surface area contributed by atoms with Crippen LogP contribution < -0.4 is 5.73 Å². The van der Waals surface area contributed by atoms with Crippen molar-refractivity contribution >= 4 is 17.4 Å². The number of carbonyl (C=O) groups excluding carboxylic acids is 1. The van der Waals surface area contributed by atoms with E-state index in [0.29, 0.717) is 12.5 Å². The third-order valence-corrected chi connectivity index (χ3v) is 4.55. The van der Waals surface area contributed by atoms with Crippen LogP contribution in [-0.2, 0) is 11.2 Å². The Kier molecular flexibility index (Phi) is 4.88. The fourth-order valence-corrected chi connectivity index (χ4v) is 3.34. The number of amides is 1. The van der Waals surface area contributed by atoms with Crippen molar-refractivity contribution in [1.82, 2.24) is 9.88 Å². The molecule has 2 atom stereocenters. The summed E-state index contributed by atoms with van der Waals surface area (Å²) < 4.78 is 5.41. The number of aryl methyl sites for hydroxylation is 1. The molecule has 0 radical (unpaired) electrons. The van der Waals surface area contributed by atoms with Crippen molar-refractivity contribution in [2.45, 2.75) is 52.2 Å². The lowest BCUT2D eigenvalue weighted by atomic mass is 9.97. The van der Waals surface area contributed by atoms with Crippen LogP contribution >= 0.6 is 11.3 Å². The van der Waals surface area contributed by atoms with Gasteiger partial charge in [-0.1, -0.05) is 0 Å². The zero-order valence-corrected chi connectivity index (χ0v) is 14.1. The molecule has 21 heavy (non-hydrogen) atoms. The molecule has 6 heteroatoms. The van der Waals surface area contributed by atoms with E-state index in [1.165, 1.54) is 0 Å². The van der Waals surface area contributed by atoms with Gasteiger partial charge in [0.05, 0.1) is 5.01 Å². The monoisotopic (exact) mass is 311 g/mol. The summed E-state index contributed by atoms with van der Waals surface area (Å²) in [5.41, 5.74) is 6.89. The molecular formula is C15H25N3O2S. The Morgan fingerprint density at radius 2 is 2.33 bits per heavy atom. The van der Waals surface area contributed by atoms with Crippen LogP contribution in [0.15, 0.2) is 5.38 Å². The van der Waals surface area contributed by atoms with Gasteiger partial charge in [-0.2, -0.15) is 0 Å². The maximum Gasteiger partial charge on any atom is 0.410 e. The molecule has 1 aliphatic heterocycles. The molecule has 0 aromatic carbocycles. The van der Waals surface area contributed by atoms with Gasteiger partial charge < -0.3 is 15.4 Å². The number of rotatable bonds is 3. The van der Waals surface area contributed by atoms with Crippen LogP contribution in [-0.4, -0.2) is 40.7 Å². The summed E-state index contributed by atoms with van der Waals surface area (Å²) in [6.07, 6.45) is 1.48. The Balaban J connectivity index is 1.85. The minimum absolute atomic E-state index is 0.0444. The van der Waals surface area contributed by atoms with Crippen LogP contribution in [0.2, 0.25) is 0 Å². The van der Waals surface area contributed by atoms with Gasteiger partial charge in [0.15, 0.2) is 0 Å². The first-order valence-electron chi connectivity index (χ1n) is 7.39. The van der Waals surface area contributed by atoms with Crippen molar-refractivity contribution in [1.29, 1.82) is 0 Å². The van der Waals surface area contributed by atoms with Gasteiger partial charge in [0.2, 0.25) is 0 Å². The average molecular weight is 311 g/mol. The van der Waals surface area contributed by atoms with Crippen molar-refractivity contribution in [2.75, 3.05) is 13.1 Å². The van der Waals surface area contributed by atoms with Crippen molar-refractivity contribution in [2.24, 2.45) is 11.7 Å². The summed E-state index contributed by atoms with van der Waals surface area (Å²) in [5, 5.41) is 3.12. The van der Waals surface area contributed by atoms with E-state index in [4.69, 9.17) is 10.5 Å². The van der Waals surface area contributed by atoms with E-state index in [-0.39, 0.29) is 12.1 Å². The van der Waals surface area contributed by atoms with E-state index in [0.717, 1.165) is 30.1 Å². The summed E-state index contributed by atoms with van der Waals surface area (Å²) in [7, 11) is 0. The predicted octanol–water partition coefficient (Wildman–Crippen LogP) is 2.58. The molecule has 1 saturated heterocycles. The van der Waals surface area contributed by atoms with Gasteiger partial charge in [0.1, 0.15) is 5.60 Å². The van der Waals surface area contributed by atoms with Crippen molar-refractivity contribution in [3.05, 3.63) is 16.1 Å². The van der Waals surface area contributed by atoms with E-state index in [1.54, 1.807) is 16.2 Å². The maximum atomic E-state index is 12.0. The number of hydrogen-bond donors (Lipinski definition) is 1. The average Bonchev–Trinajstić information content (AvgIpc) is 2.96. The fraction of sp³-hybridized carbons (Fsp3) is 0.733. The Hall–Kier alpha value is -1.14. The van der Waals surface area contributed by atoms with E-state index in [2.05, 4.69) is 4.98 Å². The SMILES string of the molecule is Cc1csc(CC(N)C2CCN(C(=O)OC(C)(C)C)C2)n1. The smallest absolute Gasteiger partial charge is 0.410 e.